The predicted octanol–water partition coefficient (Wildman–Crippen LogP) is 4.62. The molecule has 0 bridgehead atoms. The number of amides is 1. The van der Waals surface area contributed by atoms with E-state index in [0.29, 0.717) is 28.7 Å². The zero-order valence-corrected chi connectivity index (χ0v) is 16.5. The molecule has 3 aromatic rings. The molecule has 1 aromatic heterocycles. The van der Waals surface area contributed by atoms with Gasteiger partial charge < -0.3 is 15.0 Å². The van der Waals surface area contributed by atoms with Gasteiger partial charge in [-0.2, -0.15) is 0 Å². The molecule has 0 unspecified atom stereocenters. The average molecular weight is 393 g/mol. The van der Waals surface area contributed by atoms with Crippen LogP contribution in [0.25, 0.3) is 10.9 Å². The van der Waals surface area contributed by atoms with Crippen molar-refractivity contribution in [3.8, 4) is 5.75 Å². The Morgan fingerprint density at radius 1 is 1.17 bits per heavy atom. The third-order valence-corrected chi connectivity index (χ3v) is 5.31. The summed E-state index contributed by atoms with van der Waals surface area (Å²) in [5, 5.41) is 3.97. The number of anilines is 1. The SMILES string of the molecule is COc1cccc(CNc2c(C(=O)N3CCCCC3)cnc3ccc(F)cc23)c1. The van der Waals surface area contributed by atoms with E-state index < -0.39 is 0 Å². The summed E-state index contributed by atoms with van der Waals surface area (Å²) in [4.78, 5) is 19.5. The van der Waals surface area contributed by atoms with E-state index in [9.17, 15) is 9.18 Å². The molecule has 0 radical (unpaired) electrons. The maximum Gasteiger partial charge on any atom is 0.257 e. The van der Waals surface area contributed by atoms with Crippen LogP contribution in [0.1, 0.15) is 35.2 Å². The molecule has 1 aliphatic rings. The first-order chi connectivity index (χ1) is 14.2. The normalized spacial score (nSPS) is 14.1. The second-order valence-electron chi connectivity index (χ2n) is 7.27. The van der Waals surface area contributed by atoms with Crippen LogP contribution in [-0.4, -0.2) is 36.0 Å². The van der Waals surface area contributed by atoms with E-state index in [0.717, 1.165) is 43.7 Å². The van der Waals surface area contributed by atoms with Crippen molar-refractivity contribution < 1.29 is 13.9 Å². The molecule has 1 amide bonds. The molecule has 2 heterocycles. The summed E-state index contributed by atoms with van der Waals surface area (Å²) in [5.74, 6) is 0.349. The van der Waals surface area contributed by atoms with E-state index >= 15 is 0 Å². The zero-order chi connectivity index (χ0) is 20.2. The molecular weight excluding hydrogens is 369 g/mol. The lowest BCUT2D eigenvalue weighted by Gasteiger charge is -2.27. The second-order valence-corrected chi connectivity index (χ2v) is 7.27. The Labute approximate surface area is 169 Å². The third kappa shape index (κ3) is 4.16. The quantitative estimate of drug-likeness (QED) is 0.687. The van der Waals surface area contributed by atoms with Crippen LogP contribution in [0.5, 0.6) is 5.75 Å². The van der Waals surface area contributed by atoms with Gasteiger partial charge in [0.15, 0.2) is 0 Å². The van der Waals surface area contributed by atoms with Crippen molar-refractivity contribution in [3.05, 3.63) is 65.6 Å². The Morgan fingerprint density at radius 2 is 2.00 bits per heavy atom. The number of benzene rings is 2. The van der Waals surface area contributed by atoms with Gasteiger partial charge in [0.05, 0.1) is 23.9 Å². The molecule has 0 aliphatic carbocycles. The van der Waals surface area contributed by atoms with E-state index in [2.05, 4.69) is 10.3 Å². The van der Waals surface area contributed by atoms with Gasteiger partial charge in [-0.25, -0.2) is 4.39 Å². The topological polar surface area (TPSA) is 54.5 Å². The molecule has 1 fully saturated rings. The fourth-order valence-electron chi connectivity index (χ4n) is 3.76. The molecule has 0 atom stereocenters. The van der Waals surface area contributed by atoms with E-state index in [1.54, 1.807) is 19.4 Å². The van der Waals surface area contributed by atoms with Gasteiger partial charge in [-0.15, -0.1) is 0 Å². The largest absolute Gasteiger partial charge is 0.497 e. The van der Waals surface area contributed by atoms with Gasteiger partial charge in [-0.1, -0.05) is 12.1 Å². The Kier molecular flexibility index (Phi) is 5.60. The number of nitrogens with one attached hydrogen (secondary N) is 1. The highest BCUT2D eigenvalue weighted by Gasteiger charge is 2.23. The minimum atomic E-state index is -0.355. The Morgan fingerprint density at radius 3 is 2.79 bits per heavy atom. The number of ether oxygens (including phenoxy) is 1. The fourth-order valence-corrected chi connectivity index (χ4v) is 3.76. The number of hydrogen-bond acceptors (Lipinski definition) is 4. The number of halogens is 1. The van der Waals surface area contributed by atoms with Gasteiger partial charge in [0.2, 0.25) is 0 Å². The molecule has 150 valence electrons. The monoisotopic (exact) mass is 393 g/mol. The molecule has 1 saturated heterocycles. The van der Waals surface area contributed by atoms with E-state index in [4.69, 9.17) is 4.74 Å². The van der Waals surface area contributed by atoms with Gasteiger partial charge in [-0.3, -0.25) is 9.78 Å². The van der Waals surface area contributed by atoms with Crippen LogP contribution in [-0.2, 0) is 6.54 Å². The molecule has 29 heavy (non-hydrogen) atoms. The molecule has 0 spiro atoms. The molecule has 2 aromatic carbocycles. The summed E-state index contributed by atoms with van der Waals surface area (Å²) in [6, 6.07) is 12.2. The second kappa shape index (κ2) is 8.47. The number of rotatable bonds is 5. The number of hydrogen-bond donors (Lipinski definition) is 1. The first-order valence-electron chi connectivity index (χ1n) is 9.90. The first-order valence-corrected chi connectivity index (χ1v) is 9.90. The van der Waals surface area contributed by atoms with Crippen molar-refractivity contribution >= 4 is 22.5 Å². The number of nitrogens with zero attached hydrogens (tertiary/aromatic N) is 2. The Bertz CT molecular complexity index is 1030. The number of piperidine rings is 1. The minimum absolute atomic E-state index is 0.0588. The standard InChI is InChI=1S/C23H24FN3O2/c1-29-18-7-5-6-16(12-18)14-26-22-19-13-17(24)8-9-21(19)25-15-20(22)23(28)27-10-3-2-4-11-27/h5-9,12-13,15H,2-4,10-11,14H2,1H3,(H,25,26). The summed E-state index contributed by atoms with van der Waals surface area (Å²) in [6.45, 7) is 1.97. The van der Waals surface area contributed by atoms with E-state index in [1.165, 1.54) is 12.1 Å². The smallest absolute Gasteiger partial charge is 0.257 e. The number of methoxy groups -OCH3 is 1. The average Bonchev–Trinajstić information content (AvgIpc) is 2.77. The van der Waals surface area contributed by atoms with Crippen LogP contribution in [0, 0.1) is 5.82 Å². The number of carbonyl (C=O) groups excluding carboxylic acids is 1. The first kappa shape index (κ1) is 19.2. The number of fused-ring (bicyclic) bond motifs is 1. The molecule has 6 heteroatoms. The van der Waals surface area contributed by atoms with Crippen LogP contribution in [0.15, 0.2) is 48.7 Å². The van der Waals surface area contributed by atoms with Gasteiger partial charge in [-0.05, 0) is 55.2 Å². The molecule has 1 N–H and O–H groups in total. The van der Waals surface area contributed by atoms with Crippen molar-refractivity contribution in [2.45, 2.75) is 25.8 Å². The van der Waals surface area contributed by atoms with Crippen LogP contribution in [0.4, 0.5) is 10.1 Å². The summed E-state index contributed by atoms with van der Waals surface area (Å²) in [7, 11) is 1.63. The fraction of sp³-hybridized carbons (Fsp3) is 0.304. The molecular formula is C23H24FN3O2. The van der Waals surface area contributed by atoms with E-state index in [1.807, 2.05) is 29.2 Å². The molecule has 5 nitrogen and oxygen atoms in total. The maximum atomic E-state index is 14.0. The number of pyridine rings is 1. The van der Waals surface area contributed by atoms with Crippen molar-refractivity contribution in [1.29, 1.82) is 0 Å². The van der Waals surface area contributed by atoms with Gasteiger partial charge in [0.1, 0.15) is 11.6 Å². The summed E-state index contributed by atoms with van der Waals surface area (Å²) < 4.78 is 19.3. The summed E-state index contributed by atoms with van der Waals surface area (Å²) in [6.07, 6.45) is 4.76. The number of carbonyl (C=O) groups is 1. The highest BCUT2D eigenvalue weighted by Crippen LogP contribution is 2.29. The molecule has 4 rings (SSSR count). The summed E-state index contributed by atoms with van der Waals surface area (Å²) in [5.41, 5.74) is 2.75. The van der Waals surface area contributed by atoms with Crippen LogP contribution >= 0.6 is 0 Å². The third-order valence-electron chi connectivity index (χ3n) is 5.31. The zero-order valence-electron chi connectivity index (χ0n) is 16.5. The molecule has 0 saturated carbocycles. The Hall–Kier alpha value is -3.15. The van der Waals surface area contributed by atoms with Gasteiger partial charge in [0, 0.05) is 31.2 Å². The lowest BCUT2D eigenvalue weighted by atomic mass is 10.1. The van der Waals surface area contributed by atoms with Crippen LogP contribution in [0.2, 0.25) is 0 Å². The molecule has 1 aliphatic heterocycles. The van der Waals surface area contributed by atoms with Crippen molar-refractivity contribution in [2.75, 3.05) is 25.5 Å². The highest BCUT2D eigenvalue weighted by molar-refractivity contribution is 6.07. The van der Waals surface area contributed by atoms with Crippen molar-refractivity contribution in [3.63, 3.8) is 0 Å². The van der Waals surface area contributed by atoms with Crippen molar-refractivity contribution in [1.82, 2.24) is 9.88 Å². The lowest BCUT2D eigenvalue weighted by Crippen LogP contribution is -2.36. The van der Waals surface area contributed by atoms with Crippen LogP contribution in [0.3, 0.4) is 0 Å². The minimum Gasteiger partial charge on any atom is -0.497 e. The highest BCUT2D eigenvalue weighted by atomic mass is 19.1. The lowest BCUT2D eigenvalue weighted by molar-refractivity contribution is 0.0725. The maximum absolute atomic E-state index is 14.0. The summed E-state index contributed by atoms with van der Waals surface area (Å²) >= 11 is 0. The Balaban J connectivity index is 1.71. The van der Waals surface area contributed by atoms with Gasteiger partial charge in [0.25, 0.3) is 5.91 Å². The van der Waals surface area contributed by atoms with E-state index in [-0.39, 0.29) is 11.7 Å². The number of aromatic nitrogens is 1. The van der Waals surface area contributed by atoms with Gasteiger partial charge >= 0.3 is 0 Å². The predicted molar refractivity (Wildman–Crippen MR) is 112 cm³/mol. The van der Waals surface area contributed by atoms with Crippen LogP contribution < -0.4 is 10.1 Å². The van der Waals surface area contributed by atoms with Crippen molar-refractivity contribution in [2.24, 2.45) is 0 Å². The number of likely N-dealkylation sites (tertiary alicyclic amines) is 1.